The number of nitrogens with one attached hydrogen (secondary N) is 2. The molecule has 0 atom stereocenters. The second kappa shape index (κ2) is 9.59. The summed E-state index contributed by atoms with van der Waals surface area (Å²) in [6, 6.07) is 6.15. The molecule has 0 unspecified atom stereocenters. The van der Waals surface area contributed by atoms with Crippen LogP contribution in [0.4, 0.5) is 32.2 Å². The first-order chi connectivity index (χ1) is 17.3. The summed E-state index contributed by atoms with van der Waals surface area (Å²) in [6.45, 7) is 1.86. The first-order valence-electron chi connectivity index (χ1n) is 10.7. The zero-order valence-electron chi connectivity index (χ0n) is 18.9. The van der Waals surface area contributed by atoms with E-state index < -0.39 is 40.5 Å². The van der Waals surface area contributed by atoms with Gasteiger partial charge in [-0.2, -0.15) is 36.1 Å². The van der Waals surface area contributed by atoms with E-state index in [4.69, 9.17) is 4.42 Å². The first kappa shape index (κ1) is 25.7. The molecule has 3 aromatic heterocycles. The van der Waals surface area contributed by atoms with Crippen molar-refractivity contribution in [3.8, 4) is 17.4 Å². The Labute approximate surface area is 203 Å². The Morgan fingerprint density at radius 1 is 1.05 bits per heavy atom. The second-order valence-corrected chi connectivity index (χ2v) is 7.86. The summed E-state index contributed by atoms with van der Waals surface area (Å²) in [6.07, 6.45) is -7.82. The molecule has 3 heterocycles. The van der Waals surface area contributed by atoms with Crippen LogP contribution in [0.25, 0.3) is 17.4 Å². The average Bonchev–Trinajstić information content (AvgIpc) is 3.47. The summed E-state index contributed by atoms with van der Waals surface area (Å²) in [5.41, 5.74) is -4.17. The van der Waals surface area contributed by atoms with Gasteiger partial charge in [0, 0.05) is 23.4 Å². The van der Waals surface area contributed by atoms with Crippen molar-refractivity contribution < 1.29 is 35.6 Å². The molecule has 0 saturated heterocycles. The van der Waals surface area contributed by atoms with Gasteiger partial charge in [0.15, 0.2) is 5.76 Å². The number of carbonyl (C=O) groups is 1. The number of hydrogen-bond donors (Lipinski definition) is 2. The zero-order valence-corrected chi connectivity index (χ0v) is 18.9. The molecular weight excluding hydrogens is 508 g/mol. The highest BCUT2D eigenvalue weighted by Gasteiger charge is 2.37. The Balaban J connectivity index is 1.80. The molecule has 0 fully saturated rings. The molecular formula is C23H17F6N5O3. The summed E-state index contributed by atoms with van der Waals surface area (Å²) < 4.78 is 85.7. The number of furan rings is 1. The highest BCUT2D eigenvalue weighted by Crippen LogP contribution is 2.36. The van der Waals surface area contributed by atoms with E-state index in [1.165, 1.54) is 24.5 Å². The SMILES string of the molecule is CCCc1cc(=O)[nH]c(-n2nc(-c3ccco3)cc2NC(=O)c2cc(C(F)(F)F)cc(C(F)(F)F)c2)n1. The van der Waals surface area contributed by atoms with E-state index >= 15 is 0 Å². The number of benzene rings is 1. The van der Waals surface area contributed by atoms with E-state index in [0.717, 1.165) is 4.68 Å². The van der Waals surface area contributed by atoms with Crippen molar-refractivity contribution in [3.63, 3.8) is 0 Å². The summed E-state index contributed by atoms with van der Waals surface area (Å²) >= 11 is 0. The van der Waals surface area contributed by atoms with Gasteiger partial charge >= 0.3 is 12.4 Å². The Morgan fingerprint density at radius 2 is 1.73 bits per heavy atom. The molecule has 0 aliphatic heterocycles. The molecule has 2 N–H and O–H groups in total. The van der Waals surface area contributed by atoms with Gasteiger partial charge in [0.25, 0.3) is 11.5 Å². The van der Waals surface area contributed by atoms with Crippen molar-refractivity contribution in [2.24, 2.45) is 0 Å². The predicted octanol–water partition coefficient (Wildman–Crippen LogP) is 5.46. The molecule has 4 rings (SSSR count). The Morgan fingerprint density at radius 3 is 2.30 bits per heavy atom. The quantitative estimate of drug-likeness (QED) is 0.326. The van der Waals surface area contributed by atoms with Gasteiger partial charge in [0.2, 0.25) is 5.95 Å². The van der Waals surface area contributed by atoms with Crippen LogP contribution >= 0.6 is 0 Å². The van der Waals surface area contributed by atoms with Crippen molar-refractivity contribution in [1.29, 1.82) is 0 Å². The number of aromatic amines is 1. The largest absolute Gasteiger partial charge is 0.463 e. The van der Waals surface area contributed by atoms with Gasteiger partial charge in [-0.15, -0.1) is 0 Å². The molecule has 0 radical (unpaired) electrons. The van der Waals surface area contributed by atoms with Gasteiger partial charge in [-0.1, -0.05) is 13.3 Å². The molecule has 14 heteroatoms. The van der Waals surface area contributed by atoms with Crippen LogP contribution in [0.15, 0.2) is 57.9 Å². The molecule has 0 aliphatic carbocycles. The number of rotatable bonds is 6. The van der Waals surface area contributed by atoms with Gasteiger partial charge in [-0.05, 0) is 36.8 Å². The lowest BCUT2D eigenvalue weighted by atomic mass is 10.0. The van der Waals surface area contributed by atoms with Crippen molar-refractivity contribution in [2.75, 3.05) is 5.32 Å². The third kappa shape index (κ3) is 5.73. The van der Waals surface area contributed by atoms with Crippen LogP contribution in [0.2, 0.25) is 0 Å². The predicted molar refractivity (Wildman–Crippen MR) is 118 cm³/mol. The van der Waals surface area contributed by atoms with E-state index in [1.807, 2.05) is 6.92 Å². The smallest absolute Gasteiger partial charge is 0.416 e. The van der Waals surface area contributed by atoms with Crippen LogP contribution in [0.5, 0.6) is 0 Å². The molecule has 0 saturated carbocycles. The number of H-pyrrole nitrogens is 1. The number of aryl methyl sites for hydroxylation is 1. The maximum absolute atomic E-state index is 13.2. The van der Waals surface area contributed by atoms with Gasteiger partial charge in [-0.25, -0.2) is 4.98 Å². The minimum absolute atomic E-state index is 0.0794. The number of aromatic nitrogens is 4. The lowest BCUT2D eigenvalue weighted by Crippen LogP contribution is -2.20. The Hall–Kier alpha value is -4.36. The number of halogens is 6. The van der Waals surface area contributed by atoms with Crippen LogP contribution in [0, 0.1) is 0 Å². The molecule has 194 valence electrons. The molecule has 0 aliphatic rings. The third-order valence-corrected chi connectivity index (χ3v) is 5.06. The van der Waals surface area contributed by atoms with Gasteiger partial charge in [0.05, 0.1) is 17.4 Å². The van der Waals surface area contributed by atoms with Gasteiger partial charge in [0.1, 0.15) is 11.5 Å². The third-order valence-electron chi connectivity index (χ3n) is 5.06. The normalized spacial score (nSPS) is 12.1. The molecule has 0 bridgehead atoms. The maximum atomic E-state index is 13.2. The number of anilines is 1. The van der Waals surface area contributed by atoms with Crippen molar-refractivity contribution >= 4 is 11.7 Å². The van der Waals surface area contributed by atoms with Crippen LogP contribution in [-0.2, 0) is 18.8 Å². The highest BCUT2D eigenvalue weighted by atomic mass is 19.4. The van der Waals surface area contributed by atoms with E-state index in [0.29, 0.717) is 30.7 Å². The van der Waals surface area contributed by atoms with Crippen molar-refractivity contribution in [1.82, 2.24) is 19.7 Å². The fourth-order valence-electron chi connectivity index (χ4n) is 3.43. The van der Waals surface area contributed by atoms with Crippen LogP contribution in [-0.4, -0.2) is 25.7 Å². The summed E-state index contributed by atoms with van der Waals surface area (Å²) in [7, 11) is 0. The Kier molecular flexibility index (Phi) is 6.67. The molecule has 1 aromatic carbocycles. The monoisotopic (exact) mass is 525 g/mol. The van der Waals surface area contributed by atoms with Crippen LogP contribution in [0.3, 0.4) is 0 Å². The van der Waals surface area contributed by atoms with Crippen LogP contribution in [0.1, 0.15) is 40.5 Å². The minimum Gasteiger partial charge on any atom is -0.463 e. The van der Waals surface area contributed by atoms with E-state index in [1.54, 1.807) is 6.07 Å². The number of alkyl halides is 6. The van der Waals surface area contributed by atoms with Crippen molar-refractivity contribution in [2.45, 2.75) is 32.1 Å². The topological polar surface area (TPSA) is 106 Å². The number of nitrogens with zero attached hydrogens (tertiary/aromatic N) is 3. The lowest BCUT2D eigenvalue weighted by Gasteiger charge is -2.14. The summed E-state index contributed by atoms with van der Waals surface area (Å²) in [5.74, 6) is -1.38. The van der Waals surface area contributed by atoms with Crippen molar-refractivity contribution in [3.05, 3.63) is 81.5 Å². The number of hydrogen-bond acceptors (Lipinski definition) is 5. The maximum Gasteiger partial charge on any atom is 0.416 e. The van der Waals surface area contributed by atoms with Gasteiger partial charge < -0.3 is 9.73 Å². The minimum atomic E-state index is -5.13. The zero-order chi connectivity index (χ0) is 27.0. The highest BCUT2D eigenvalue weighted by molar-refractivity contribution is 6.04. The number of amides is 1. The van der Waals surface area contributed by atoms with Crippen LogP contribution < -0.4 is 10.9 Å². The molecule has 4 aromatic rings. The van der Waals surface area contributed by atoms with E-state index in [9.17, 15) is 35.9 Å². The second-order valence-electron chi connectivity index (χ2n) is 7.86. The fourth-order valence-corrected chi connectivity index (χ4v) is 3.43. The lowest BCUT2D eigenvalue weighted by molar-refractivity contribution is -0.143. The number of carbonyl (C=O) groups excluding carboxylic acids is 1. The molecule has 8 nitrogen and oxygen atoms in total. The standard InChI is InChI=1S/C23H17F6N5O3/c1-2-4-15-10-19(35)32-21(30-15)34-18(11-16(33-34)17-5-3-6-37-17)31-20(36)12-7-13(22(24,25)26)9-14(8-12)23(27,28)29/h3,5-11H,2,4H2,1H3,(H,31,36)(H,30,32,35). The summed E-state index contributed by atoms with van der Waals surface area (Å²) in [5, 5.41) is 6.50. The molecule has 1 amide bonds. The van der Waals surface area contributed by atoms with E-state index in [2.05, 4.69) is 20.4 Å². The Bertz CT molecular complexity index is 1450. The van der Waals surface area contributed by atoms with E-state index in [-0.39, 0.29) is 29.3 Å². The summed E-state index contributed by atoms with van der Waals surface area (Å²) in [4.78, 5) is 31.8. The first-order valence-corrected chi connectivity index (χ1v) is 10.7. The molecule has 0 spiro atoms. The molecule has 37 heavy (non-hydrogen) atoms. The average molecular weight is 525 g/mol. The fraction of sp³-hybridized carbons (Fsp3) is 0.217. The van der Waals surface area contributed by atoms with Gasteiger partial charge in [-0.3, -0.25) is 14.6 Å².